The summed E-state index contributed by atoms with van der Waals surface area (Å²) in [4.78, 5) is 24.1. The molecule has 3 heteroatoms. The van der Waals surface area contributed by atoms with Gasteiger partial charge in [0.2, 0.25) is 0 Å². The predicted molar refractivity (Wildman–Crippen MR) is 111 cm³/mol. The lowest BCUT2D eigenvalue weighted by atomic mass is 9.31. The zero-order chi connectivity index (χ0) is 20.3. The number of carbonyl (C=O) groups is 2. The molecule has 1 aliphatic heterocycles. The van der Waals surface area contributed by atoms with Crippen LogP contribution in [-0.2, 0) is 14.3 Å². The smallest absolute Gasteiger partial charge is 0.331 e. The highest BCUT2D eigenvalue weighted by Crippen LogP contribution is 2.82. The van der Waals surface area contributed by atoms with E-state index in [2.05, 4.69) is 40.7 Å². The maximum Gasteiger partial charge on any atom is 0.331 e. The first-order valence-corrected chi connectivity index (χ1v) is 11.2. The molecule has 4 rings (SSSR count). The van der Waals surface area contributed by atoms with Crippen molar-refractivity contribution in [3.05, 3.63) is 23.3 Å². The fourth-order valence-corrected chi connectivity index (χ4v) is 7.64. The van der Waals surface area contributed by atoms with Gasteiger partial charge in [0, 0.05) is 18.4 Å². The summed E-state index contributed by atoms with van der Waals surface area (Å²) in [6, 6.07) is 0. The summed E-state index contributed by atoms with van der Waals surface area (Å²) in [5.74, 6) is 1.68. The Kier molecular flexibility index (Phi) is 4.67. The van der Waals surface area contributed by atoms with Crippen LogP contribution < -0.4 is 0 Å². The minimum atomic E-state index is -0.202. The van der Waals surface area contributed by atoms with Gasteiger partial charge < -0.3 is 4.74 Å². The average molecular weight is 385 g/mol. The largest absolute Gasteiger partial charge is 0.458 e. The van der Waals surface area contributed by atoms with E-state index in [0.717, 1.165) is 37.7 Å². The summed E-state index contributed by atoms with van der Waals surface area (Å²) in [5.41, 5.74) is 3.36. The Bertz CT molecular complexity index is 762. The normalized spacial score (nSPS) is 44.8. The lowest BCUT2D eigenvalue weighted by molar-refractivity contribution is -0.238. The van der Waals surface area contributed by atoms with Gasteiger partial charge in [0.1, 0.15) is 12.4 Å². The number of allylic oxidation sites excluding steroid dienone is 2. The van der Waals surface area contributed by atoms with E-state index in [1.165, 1.54) is 18.4 Å². The predicted octanol–water partition coefficient (Wildman–Crippen LogP) is 5.64. The number of ether oxygens (including phenoxy) is 1. The van der Waals surface area contributed by atoms with Gasteiger partial charge in [-0.25, -0.2) is 4.79 Å². The molecule has 6 atom stereocenters. The molecule has 0 radical (unpaired) electrons. The van der Waals surface area contributed by atoms with Gasteiger partial charge in [-0.15, -0.1) is 0 Å². The number of hydrogen-bond donors (Lipinski definition) is 0. The molecule has 4 aliphatic rings. The molecule has 3 fully saturated rings. The van der Waals surface area contributed by atoms with Gasteiger partial charge >= 0.3 is 5.97 Å². The summed E-state index contributed by atoms with van der Waals surface area (Å²) in [6.07, 6.45) is 11.4. The minimum Gasteiger partial charge on any atom is -0.458 e. The van der Waals surface area contributed by atoms with Crippen molar-refractivity contribution in [2.45, 2.75) is 79.6 Å². The third kappa shape index (κ3) is 2.53. The number of carbonyl (C=O) groups excluding carboxylic acids is 2. The Morgan fingerprint density at radius 1 is 1.21 bits per heavy atom. The minimum absolute atomic E-state index is 0.193. The van der Waals surface area contributed by atoms with Crippen molar-refractivity contribution in [2.75, 3.05) is 6.61 Å². The van der Waals surface area contributed by atoms with Crippen molar-refractivity contribution in [3.63, 3.8) is 0 Å². The molecule has 3 aliphatic carbocycles. The van der Waals surface area contributed by atoms with Crippen LogP contribution in [0.3, 0.4) is 0 Å². The van der Waals surface area contributed by atoms with Crippen LogP contribution in [0.2, 0.25) is 0 Å². The standard InChI is InChI=1S/C25H36O3/c1-16(7-6-8-18-14-21(27)28-15-18)9-10-19-22-20(26)13-17(2)23(3)11-12-24(19,4)25(22,23)5/h7,14,17,19,22H,6,8-13,15H2,1-5H3/b16-7-/t17-,19-,22+,23-,24+,25+/m1/s1. The molecule has 0 unspecified atom stereocenters. The highest BCUT2D eigenvalue weighted by molar-refractivity contribution is 5.86. The molecule has 28 heavy (non-hydrogen) atoms. The number of Topliss-reactive ketones (excluding diaryl/α,β-unsaturated/α-hetero) is 1. The average Bonchev–Trinajstić information content (AvgIpc) is 3.12. The van der Waals surface area contributed by atoms with E-state index in [4.69, 9.17) is 4.74 Å². The zero-order valence-corrected chi connectivity index (χ0v) is 18.3. The summed E-state index contributed by atoms with van der Waals surface area (Å²) >= 11 is 0. The van der Waals surface area contributed by atoms with Gasteiger partial charge in [-0.1, -0.05) is 39.3 Å². The molecule has 154 valence electrons. The van der Waals surface area contributed by atoms with Crippen molar-refractivity contribution in [1.82, 2.24) is 0 Å². The van der Waals surface area contributed by atoms with Gasteiger partial charge in [-0.3, -0.25) is 4.79 Å². The molecule has 0 aromatic heterocycles. The van der Waals surface area contributed by atoms with Crippen LogP contribution in [0.25, 0.3) is 0 Å². The van der Waals surface area contributed by atoms with Crippen LogP contribution in [0.15, 0.2) is 23.3 Å². The molecule has 3 nitrogen and oxygen atoms in total. The van der Waals surface area contributed by atoms with Crippen LogP contribution in [0.1, 0.15) is 79.6 Å². The van der Waals surface area contributed by atoms with E-state index in [9.17, 15) is 9.59 Å². The van der Waals surface area contributed by atoms with E-state index in [1.807, 2.05) is 0 Å². The molecule has 0 bridgehead atoms. The number of esters is 1. The van der Waals surface area contributed by atoms with Gasteiger partial charge in [-0.05, 0) is 79.1 Å². The quantitative estimate of drug-likeness (QED) is 0.439. The third-order valence-electron chi connectivity index (χ3n) is 9.85. The van der Waals surface area contributed by atoms with Crippen molar-refractivity contribution >= 4 is 11.8 Å². The van der Waals surface area contributed by atoms with Gasteiger partial charge in [0.05, 0.1) is 0 Å². The Hall–Kier alpha value is -1.38. The molecule has 0 spiro atoms. The summed E-state index contributed by atoms with van der Waals surface area (Å²) in [6.45, 7) is 12.4. The van der Waals surface area contributed by atoms with Crippen molar-refractivity contribution < 1.29 is 14.3 Å². The first-order chi connectivity index (χ1) is 13.1. The van der Waals surface area contributed by atoms with E-state index < -0.39 is 0 Å². The number of hydrogen-bond acceptors (Lipinski definition) is 3. The SMILES string of the molecule is C/C(=C/CCC1=CC(=O)OC1)CC[C@@H]1[C@H]2C(=O)C[C@@H](C)[C@@]3(C)CC[C@]1(C)[C@@]23C. The second kappa shape index (κ2) is 6.57. The summed E-state index contributed by atoms with van der Waals surface area (Å²) in [7, 11) is 0. The Morgan fingerprint density at radius 2 is 1.93 bits per heavy atom. The maximum atomic E-state index is 13.0. The molecule has 0 aromatic rings. The van der Waals surface area contributed by atoms with Crippen LogP contribution in [0, 0.1) is 34.0 Å². The number of rotatable bonds is 6. The second-order valence-corrected chi connectivity index (χ2v) is 10.7. The molecule has 3 saturated carbocycles. The molecule has 0 N–H and O–H groups in total. The first-order valence-electron chi connectivity index (χ1n) is 11.2. The molecule has 0 aromatic carbocycles. The van der Waals surface area contributed by atoms with Crippen molar-refractivity contribution in [1.29, 1.82) is 0 Å². The fraction of sp³-hybridized carbons (Fsp3) is 0.760. The third-order valence-corrected chi connectivity index (χ3v) is 9.85. The molecule has 0 amide bonds. The lowest BCUT2D eigenvalue weighted by Crippen LogP contribution is -2.70. The van der Waals surface area contributed by atoms with E-state index in [1.54, 1.807) is 6.08 Å². The first kappa shape index (κ1) is 19.9. The summed E-state index contributed by atoms with van der Waals surface area (Å²) < 4.78 is 4.96. The monoisotopic (exact) mass is 384 g/mol. The maximum absolute atomic E-state index is 13.0. The van der Waals surface area contributed by atoms with Crippen LogP contribution >= 0.6 is 0 Å². The summed E-state index contributed by atoms with van der Waals surface area (Å²) in [5, 5.41) is 0. The van der Waals surface area contributed by atoms with Gasteiger partial charge in [0.25, 0.3) is 0 Å². The Morgan fingerprint density at radius 3 is 2.61 bits per heavy atom. The van der Waals surface area contributed by atoms with Crippen molar-refractivity contribution in [3.8, 4) is 0 Å². The number of cyclic esters (lactones) is 1. The second-order valence-electron chi connectivity index (χ2n) is 10.7. The number of ketones is 1. The molecule has 0 saturated heterocycles. The van der Waals surface area contributed by atoms with E-state index in [-0.39, 0.29) is 17.3 Å². The Labute approximate surface area is 170 Å². The lowest BCUT2D eigenvalue weighted by Gasteiger charge is -2.71. The van der Waals surface area contributed by atoms with Crippen LogP contribution in [0.4, 0.5) is 0 Å². The molecule has 1 heterocycles. The van der Waals surface area contributed by atoms with E-state index in [0.29, 0.717) is 35.1 Å². The highest BCUT2D eigenvalue weighted by Gasteiger charge is 2.79. The van der Waals surface area contributed by atoms with Gasteiger partial charge in [-0.2, -0.15) is 0 Å². The van der Waals surface area contributed by atoms with Crippen molar-refractivity contribution in [2.24, 2.45) is 34.0 Å². The molecular weight excluding hydrogens is 348 g/mol. The van der Waals surface area contributed by atoms with Crippen LogP contribution in [-0.4, -0.2) is 18.4 Å². The van der Waals surface area contributed by atoms with Crippen LogP contribution in [0.5, 0.6) is 0 Å². The molecular formula is C25H36O3. The van der Waals surface area contributed by atoms with Gasteiger partial charge in [0.15, 0.2) is 0 Å². The topological polar surface area (TPSA) is 43.4 Å². The zero-order valence-electron chi connectivity index (χ0n) is 18.3. The van der Waals surface area contributed by atoms with E-state index >= 15 is 0 Å². The highest BCUT2D eigenvalue weighted by atomic mass is 16.5. The Balaban J connectivity index is 1.39. The fourth-order valence-electron chi connectivity index (χ4n) is 7.64.